The van der Waals surface area contributed by atoms with Crippen molar-refractivity contribution in [3.63, 3.8) is 0 Å². The third-order valence-electron chi connectivity index (χ3n) is 5.96. The van der Waals surface area contributed by atoms with E-state index in [4.69, 9.17) is 11.6 Å². The molecule has 160 valence electrons. The van der Waals surface area contributed by atoms with Crippen molar-refractivity contribution < 1.29 is 9.90 Å². The number of hydrogen-bond donors (Lipinski definition) is 2. The van der Waals surface area contributed by atoms with Crippen LogP contribution in [0.4, 0.5) is 9.93 Å². The molecular weight excluding hydrogens is 422 g/mol. The summed E-state index contributed by atoms with van der Waals surface area (Å²) >= 11 is 7.45. The molecule has 2 N–H and O–H groups in total. The molecule has 2 aliphatic rings. The number of nitrogens with one attached hydrogen (secondary N) is 1. The quantitative estimate of drug-likeness (QED) is 0.743. The van der Waals surface area contributed by atoms with Crippen LogP contribution >= 0.6 is 22.9 Å². The van der Waals surface area contributed by atoms with Gasteiger partial charge in [0.05, 0.1) is 10.2 Å². The lowest BCUT2D eigenvalue weighted by Gasteiger charge is -2.40. The zero-order valence-electron chi connectivity index (χ0n) is 17.1. The Morgan fingerprint density at radius 1 is 1.27 bits per heavy atom. The second-order valence-corrected chi connectivity index (χ2v) is 9.24. The number of hydrogen-bond acceptors (Lipinski definition) is 6. The third kappa shape index (κ3) is 4.31. The first-order chi connectivity index (χ1) is 14.5. The van der Waals surface area contributed by atoms with E-state index in [1.165, 1.54) is 16.9 Å². The lowest BCUT2D eigenvalue weighted by molar-refractivity contribution is 0.178. The van der Waals surface area contributed by atoms with E-state index in [1.807, 2.05) is 23.2 Å². The van der Waals surface area contributed by atoms with Crippen molar-refractivity contribution in [3.05, 3.63) is 35.0 Å². The number of carbonyl (C=O) groups is 1. The molecule has 0 saturated carbocycles. The highest BCUT2D eigenvalue weighted by molar-refractivity contribution is 7.22. The van der Waals surface area contributed by atoms with Gasteiger partial charge in [0.25, 0.3) is 0 Å². The maximum Gasteiger partial charge on any atom is 0.323 e. The molecule has 9 heteroatoms. The number of anilines is 1. The van der Waals surface area contributed by atoms with Crippen LogP contribution in [0.2, 0.25) is 5.02 Å². The summed E-state index contributed by atoms with van der Waals surface area (Å²) in [5.41, 5.74) is 2.03. The van der Waals surface area contributed by atoms with Gasteiger partial charge in [0.15, 0.2) is 5.13 Å². The van der Waals surface area contributed by atoms with E-state index in [1.54, 1.807) is 6.07 Å². The molecule has 2 aliphatic heterocycles. The maximum atomic E-state index is 12.7. The highest BCUT2D eigenvalue weighted by atomic mass is 35.5. The number of aliphatic imine (C=N–C) groups is 1. The van der Waals surface area contributed by atoms with E-state index >= 15 is 0 Å². The number of fused-ring (bicyclic) bond motifs is 1. The van der Waals surface area contributed by atoms with Crippen LogP contribution in [0.1, 0.15) is 20.3 Å². The van der Waals surface area contributed by atoms with E-state index in [0.29, 0.717) is 41.5 Å². The Bertz CT molecular complexity index is 996. The Morgan fingerprint density at radius 2 is 2.03 bits per heavy atom. The average molecular weight is 448 g/mol. The molecule has 7 nitrogen and oxygen atoms in total. The minimum Gasteiger partial charge on any atom is -0.396 e. The highest BCUT2D eigenvalue weighted by Gasteiger charge is 2.31. The van der Waals surface area contributed by atoms with E-state index in [9.17, 15) is 9.90 Å². The number of halogens is 1. The lowest BCUT2D eigenvalue weighted by atomic mass is 9.84. The molecule has 0 bridgehead atoms. The fraction of sp³-hybridized carbons (Fsp3) is 0.476. The first-order valence-electron chi connectivity index (χ1n) is 10.2. The first-order valence-corrected chi connectivity index (χ1v) is 11.4. The van der Waals surface area contributed by atoms with Crippen LogP contribution in [-0.4, -0.2) is 64.5 Å². The van der Waals surface area contributed by atoms with E-state index in [2.05, 4.69) is 34.0 Å². The van der Waals surface area contributed by atoms with Gasteiger partial charge < -0.3 is 14.9 Å². The predicted molar refractivity (Wildman–Crippen MR) is 122 cm³/mol. The largest absolute Gasteiger partial charge is 0.396 e. The summed E-state index contributed by atoms with van der Waals surface area (Å²) in [7, 11) is 0. The molecule has 1 aromatic heterocycles. The van der Waals surface area contributed by atoms with Gasteiger partial charge in [-0.25, -0.2) is 14.8 Å². The van der Waals surface area contributed by atoms with Crippen LogP contribution < -0.4 is 5.32 Å². The second-order valence-electron chi connectivity index (χ2n) is 7.78. The Hall–Kier alpha value is -2.16. The average Bonchev–Trinajstić information content (AvgIpc) is 3.13. The smallest absolute Gasteiger partial charge is 0.323 e. The minimum atomic E-state index is -0.128. The lowest BCUT2D eigenvalue weighted by Crippen LogP contribution is -2.53. The molecule has 0 aliphatic carbocycles. The van der Waals surface area contributed by atoms with Crippen LogP contribution in [0.3, 0.4) is 0 Å². The predicted octanol–water partition coefficient (Wildman–Crippen LogP) is 4.05. The van der Waals surface area contributed by atoms with Crippen molar-refractivity contribution in [2.45, 2.75) is 20.3 Å². The van der Waals surface area contributed by atoms with Gasteiger partial charge >= 0.3 is 6.03 Å². The van der Waals surface area contributed by atoms with Crippen LogP contribution in [0.25, 0.3) is 10.2 Å². The molecule has 2 unspecified atom stereocenters. The maximum absolute atomic E-state index is 12.7. The van der Waals surface area contributed by atoms with Crippen molar-refractivity contribution in [2.24, 2.45) is 16.8 Å². The van der Waals surface area contributed by atoms with Gasteiger partial charge in [-0.2, -0.15) is 0 Å². The number of aromatic nitrogens is 1. The zero-order chi connectivity index (χ0) is 21.3. The van der Waals surface area contributed by atoms with Gasteiger partial charge in [0.1, 0.15) is 5.84 Å². The Kier molecular flexibility index (Phi) is 6.26. The number of thiazole rings is 1. The fourth-order valence-corrected chi connectivity index (χ4v) is 5.11. The van der Waals surface area contributed by atoms with E-state index in [-0.39, 0.29) is 12.6 Å². The number of benzene rings is 1. The number of aliphatic hydroxyl groups is 1. The van der Waals surface area contributed by atoms with Gasteiger partial charge in [-0.1, -0.05) is 36.8 Å². The zero-order valence-corrected chi connectivity index (χ0v) is 18.7. The van der Waals surface area contributed by atoms with Crippen LogP contribution in [0, 0.1) is 11.8 Å². The highest BCUT2D eigenvalue weighted by Crippen LogP contribution is 2.30. The Labute approximate surface area is 185 Å². The third-order valence-corrected chi connectivity index (χ3v) is 7.13. The molecule has 2 amide bonds. The molecule has 2 atom stereocenters. The van der Waals surface area contributed by atoms with Crippen molar-refractivity contribution in [1.82, 2.24) is 14.8 Å². The summed E-state index contributed by atoms with van der Waals surface area (Å²) in [5, 5.41) is 13.4. The summed E-state index contributed by atoms with van der Waals surface area (Å²) < 4.78 is 0.953. The van der Waals surface area contributed by atoms with E-state index < -0.39 is 0 Å². The molecule has 2 aromatic rings. The molecule has 1 fully saturated rings. The molecule has 0 spiro atoms. The molecule has 3 heterocycles. The number of amides is 2. The van der Waals surface area contributed by atoms with Crippen LogP contribution in [0.5, 0.6) is 0 Å². The Balaban J connectivity index is 1.36. The van der Waals surface area contributed by atoms with Crippen molar-refractivity contribution in [3.8, 4) is 0 Å². The van der Waals surface area contributed by atoms with Gasteiger partial charge in [-0.05, 0) is 36.1 Å². The van der Waals surface area contributed by atoms with Crippen molar-refractivity contribution in [1.29, 1.82) is 0 Å². The molecular formula is C21H26ClN5O2S. The number of aliphatic hydroxyl groups excluding tert-OH is 1. The van der Waals surface area contributed by atoms with Gasteiger partial charge in [-0.3, -0.25) is 5.32 Å². The number of urea groups is 1. The molecule has 30 heavy (non-hydrogen) atoms. The van der Waals surface area contributed by atoms with Gasteiger partial charge in [0.2, 0.25) is 0 Å². The normalized spacial score (nSPS) is 22.1. The van der Waals surface area contributed by atoms with Gasteiger partial charge in [0, 0.05) is 49.9 Å². The van der Waals surface area contributed by atoms with Gasteiger partial charge in [-0.15, -0.1) is 0 Å². The van der Waals surface area contributed by atoms with Crippen LogP contribution in [0.15, 0.2) is 35.0 Å². The first kappa shape index (κ1) is 21.1. The summed E-state index contributed by atoms with van der Waals surface area (Å²) in [6.45, 7) is 7.31. The molecule has 1 saturated heterocycles. The monoisotopic (exact) mass is 447 g/mol. The number of rotatable bonds is 3. The summed E-state index contributed by atoms with van der Waals surface area (Å²) in [4.78, 5) is 25.9. The molecule has 0 radical (unpaired) electrons. The Morgan fingerprint density at radius 3 is 2.77 bits per heavy atom. The summed E-state index contributed by atoms with van der Waals surface area (Å²) in [5.74, 6) is 1.73. The number of carbonyl (C=O) groups excluding carboxylic acids is 1. The van der Waals surface area contributed by atoms with Crippen molar-refractivity contribution >= 4 is 50.2 Å². The summed E-state index contributed by atoms with van der Waals surface area (Å²) in [6.07, 6.45) is 2.59. The summed E-state index contributed by atoms with van der Waals surface area (Å²) in [6, 6.07) is 5.38. The standard InChI is InChI=1S/C21H26ClN5O2S/c1-13-14(2)19(23-12-15(13)5-10-28)26-6-8-27(9-7-26)21(29)25-20-24-17-4-3-16(22)11-18(17)30-20/h3-4,11-14,28H,5-10H2,1-2H3,(H,24,25,29). The molecule has 1 aromatic carbocycles. The van der Waals surface area contributed by atoms with Crippen LogP contribution in [-0.2, 0) is 0 Å². The number of amidine groups is 1. The van der Waals surface area contributed by atoms with E-state index in [0.717, 1.165) is 29.1 Å². The molecule has 4 rings (SSSR count). The number of nitrogens with zero attached hydrogens (tertiary/aromatic N) is 4. The second kappa shape index (κ2) is 8.91. The fourth-order valence-electron chi connectivity index (χ4n) is 3.98. The topological polar surface area (TPSA) is 81.1 Å². The minimum absolute atomic E-state index is 0.128. The van der Waals surface area contributed by atoms with Crippen molar-refractivity contribution in [2.75, 3.05) is 38.1 Å². The SMILES string of the molecule is CC1C(CCO)=CN=C(N2CCN(C(=O)Nc3nc4ccc(Cl)cc4s3)CC2)C1C. The number of piperazine rings is 1.